The molecule has 0 spiro atoms. The summed E-state index contributed by atoms with van der Waals surface area (Å²) in [5.41, 5.74) is 2.75. The first kappa shape index (κ1) is 13.6. The highest BCUT2D eigenvalue weighted by atomic mass is 35.5. The number of rotatable bonds is 2. The Kier molecular flexibility index (Phi) is 3.79. The summed E-state index contributed by atoms with van der Waals surface area (Å²) >= 11 is 18.0. The maximum Gasteiger partial charge on any atom is 0.148 e. The average molecular weight is 324 g/mol. The highest BCUT2D eigenvalue weighted by Gasteiger charge is 2.10. The summed E-state index contributed by atoms with van der Waals surface area (Å²) in [6, 6.07) is 11.5. The summed E-state index contributed by atoms with van der Waals surface area (Å²) in [4.78, 5) is 8.59. The Balaban J connectivity index is 2.08. The molecule has 0 unspecified atom stereocenters. The number of hydrogen-bond donors (Lipinski definition) is 0. The molecule has 0 atom stereocenters. The van der Waals surface area contributed by atoms with Gasteiger partial charge < -0.3 is 0 Å². The molecule has 2 nitrogen and oxygen atoms in total. The van der Waals surface area contributed by atoms with E-state index in [1.54, 1.807) is 12.3 Å². The second-order valence-corrected chi connectivity index (χ2v) is 5.53. The fourth-order valence-corrected chi connectivity index (χ4v) is 2.67. The third-order valence-corrected chi connectivity index (χ3v) is 4.06. The van der Waals surface area contributed by atoms with Crippen LogP contribution in [0.5, 0.6) is 0 Å². The van der Waals surface area contributed by atoms with Crippen molar-refractivity contribution in [2.45, 2.75) is 6.42 Å². The van der Waals surface area contributed by atoms with Gasteiger partial charge in [0.15, 0.2) is 0 Å². The standard InChI is InChI=1S/C15H9Cl3N2/c16-11-8-12(17)15(18)20-14(11)7-9-5-6-19-13-4-2-1-3-10(9)13/h1-6,8H,7H2. The summed E-state index contributed by atoms with van der Waals surface area (Å²) in [6.45, 7) is 0. The van der Waals surface area contributed by atoms with E-state index in [1.165, 1.54) is 0 Å². The van der Waals surface area contributed by atoms with Gasteiger partial charge in [0, 0.05) is 18.0 Å². The van der Waals surface area contributed by atoms with Crippen molar-refractivity contribution in [2.75, 3.05) is 0 Å². The van der Waals surface area contributed by atoms with Crippen molar-refractivity contribution in [3.63, 3.8) is 0 Å². The molecule has 1 aromatic carbocycles. The van der Waals surface area contributed by atoms with Crippen molar-refractivity contribution in [3.8, 4) is 0 Å². The van der Waals surface area contributed by atoms with Crippen molar-refractivity contribution in [3.05, 3.63) is 69.1 Å². The van der Waals surface area contributed by atoms with Gasteiger partial charge in [0.2, 0.25) is 0 Å². The van der Waals surface area contributed by atoms with Crippen LogP contribution in [-0.2, 0) is 6.42 Å². The molecular weight excluding hydrogens is 315 g/mol. The minimum atomic E-state index is 0.268. The Bertz CT molecular complexity index is 782. The van der Waals surface area contributed by atoms with Crippen LogP contribution in [0.25, 0.3) is 10.9 Å². The number of nitrogens with zero attached hydrogens (tertiary/aromatic N) is 2. The summed E-state index contributed by atoms with van der Waals surface area (Å²) in [7, 11) is 0. The Labute approximate surface area is 131 Å². The minimum absolute atomic E-state index is 0.268. The molecule has 3 rings (SSSR count). The third-order valence-electron chi connectivity index (χ3n) is 3.06. The van der Waals surface area contributed by atoms with Gasteiger partial charge in [-0.2, -0.15) is 0 Å². The summed E-state index contributed by atoms with van der Waals surface area (Å²) in [5, 5.41) is 2.23. The SMILES string of the molecule is Clc1cc(Cl)c(Cc2ccnc3ccccc23)nc1Cl. The lowest BCUT2D eigenvalue weighted by Gasteiger charge is -2.08. The second kappa shape index (κ2) is 5.57. The fraction of sp³-hybridized carbons (Fsp3) is 0.0667. The van der Waals surface area contributed by atoms with Crippen molar-refractivity contribution in [1.82, 2.24) is 9.97 Å². The smallest absolute Gasteiger partial charge is 0.148 e. The van der Waals surface area contributed by atoms with Gasteiger partial charge >= 0.3 is 0 Å². The molecule has 0 N–H and O–H groups in total. The fourth-order valence-electron chi connectivity index (χ4n) is 2.09. The topological polar surface area (TPSA) is 25.8 Å². The molecule has 2 heterocycles. The number of aromatic nitrogens is 2. The van der Waals surface area contributed by atoms with Crippen LogP contribution in [0.4, 0.5) is 0 Å². The maximum atomic E-state index is 6.18. The van der Waals surface area contributed by atoms with E-state index in [0.717, 1.165) is 16.5 Å². The molecule has 3 aromatic rings. The van der Waals surface area contributed by atoms with Crippen LogP contribution in [0.15, 0.2) is 42.6 Å². The largest absolute Gasteiger partial charge is 0.256 e. The van der Waals surface area contributed by atoms with E-state index in [2.05, 4.69) is 9.97 Å². The molecule has 0 aliphatic heterocycles. The second-order valence-electron chi connectivity index (χ2n) is 4.35. The van der Waals surface area contributed by atoms with Gasteiger partial charge in [-0.05, 0) is 23.8 Å². The van der Waals surface area contributed by atoms with Gasteiger partial charge in [-0.15, -0.1) is 0 Å². The van der Waals surface area contributed by atoms with Crippen LogP contribution in [0, 0.1) is 0 Å². The van der Waals surface area contributed by atoms with Crippen molar-refractivity contribution in [2.24, 2.45) is 0 Å². The van der Waals surface area contributed by atoms with E-state index < -0.39 is 0 Å². The van der Waals surface area contributed by atoms with Crippen LogP contribution < -0.4 is 0 Å². The van der Waals surface area contributed by atoms with E-state index >= 15 is 0 Å². The molecule has 2 aromatic heterocycles. The number of pyridine rings is 2. The van der Waals surface area contributed by atoms with Crippen LogP contribution in [-0.4, -0.2) is 9.97 Å². The highest BCUT2D eigenvalue weighted by molar-refractivity contribution is 6.42. The summed E-state index contributed by atoms with van der Waals surface area (Å²) in [5.74, 6) is 0. The van der Waals surface area contributed by atoms with Crippen LogP contribution in [0.2, 0.25) is 15.2 Å². The van der Waals surface area contributed by atoms with Crippen LogP contribution in [0.3, 0.4) is 0 Å². The third kappa shape index (κ3) is 2.59. The van der Waals surface area contributed by atoms with Gasteiger partial charge in [0.25, 0.3) is 0 Å². The zero-order chi connectivity index (χ0) is 14.1. The predicted octanol–water partition coefficient (Wildman–Crippen LogP) is 5.18. The van der Waals surface area contributed by atoms with Gasteiger partial charge in [-0.3, -0.25) is 4.98 Å². The zero-order valence-corrected chi connectivity index (χ0v) is 12.5. The van der Waals surface area contributed by atoms with E-state index in [9.17, 15) is 0 Å². The summed E-state index contributed by atoms with van der Waals surface area (Å²) in [6.07, 6.45) is 2.36. The first-order valence-electron chi connectivity index (χ1n) is 5.98. The van der Waals surface area contributed by atoms with Crippen LogP contribution in [0.1, 0.15) is 11.3 Å². The van der Waals surface area contributed by atoms with Gasteiger partial charge in [-0.25, -0.2) is 4.98 Å². The Morgan fingerprint density at radius 3 is 2.60 bits per heavy atom. The van der Waals surface area contributed by atoms with E-state index in [4.69, 9.17) is 34.8 Å². The van der Waals surface area contributed by atoms with E-state index in [1.807, 2.05) is 30.3 Å². The molecule has 0 bridgehead atoms. The van der Waals surface area contributed by atoms with Crippen molar-refractivity contribution < 1.29 is 0 Å². The molecule has 0 saturated carbocycles. The van der Waals surface area contributed by atoms with Crippen molar-refractivity contribution in [1.29, 1.82) is 0 Å². The predicted molar refractivity (Wildman–Crippen MR) is 83.8 cm³/mol. The Morgan fingerprint density at radius 1 is 0.950 bits per heavy atom. The van der Waals surface area contributed by atoms with Gasteiger partial charge in [0.1, 0.15) is 5.15 Å². The first-order valence-corrected chi connectivity index (χ1v) is 7.11. The van der Waals surface area contributed by atoms with E-state index in [0.29, 0.717) is 22.2 Å². The average Bonchev–Trinajstić information content (AvgIpc) is 2.45. The normalized spacial score (nSPS) is 10.9. The number of halogens is 3. The van der Waals surface area contributed by atoms with E-state index in [-0.39, 0.29) is 5.15 Å². The highest BCUT2D eigenvalue weighted by Crippen LogP contribution is 2.28. The molecular formula is C15H9Cl3N2. The molecule has 20 heavy (non-hydrogen) atoms. The Morgan fingerprint density at radius 2 is 1.75 bits per heavy atom. The molecule has 0 aliphatic rings. The van der Waals surface area contributed by atoms with Crippen molar-refractivity contribution >= 4 is 45.7 Å². The first-order chi connectivity index (χ1) is 9.65. The molecule has 0 fully saturated rings. The van der Waals surface area contributed by atoms with Crippen LogP contribution >= 0.6 is 34.8 Å². The number of benzene rings is 1. The molecule has 0 amide bonds. The molecule has 0 saturated heterocycles. The number of para-hydroxylation sites is 1. The lowest BCUT2D eigenvalue weighted by atomic mass is 10.0. The molecule has 100 valence electrons. The zero-order valence-electron chi connectivity index (χ0n) is 10.3. The van der Waals surface area contributed by atoms with Gasteiger partial charge in [0.05, 0.1) is 21.3 Å². The molecule has 5 heteroatoms. The monoisotopic (exact) mass is 322 g/mol. The quantitative estimate of drug-likeness (QED) is 0.607. The number of hydrogen-bond acceptors (Lipinski definition) is 2. The molecule has 0 radical (unpaired) electrons. The van der Waals surface area contributed by atoms with Gasteiger partial charge in [-0.1, -0.05) is 53.0 Å². The maximum absolute atomic E-state index is 6.18. The summed E-state index contributed by atoms with van der Waals surface area (Å²) < 4.78 is 0. The minimum Gasteiger partial charge on any atom is -0.256 e. The Hall–Kier alpha value is -1.35. The lowest BCUT2D eigenvalue weighted by molar-refractivity contribution is 1.08. The number of fused-ring (bicyclic) bond motifs is 1. The lowest BCUT2D eigenvalue weighted by Crippen LogP contribution is -1.96. The molecule has 0 aliphatic carbocycles.